The molecule has 1 aromatic carbocycles. The van der Waals surface area contributed by atoms with Gasteiger partial charge in [0, 0.05) is 35.1 Å². The molecule has 1 rings (SSSR count). The highest BCUT2D eigenvalue weighted by Crippen LogP contribution is 2.16. The summed E-state index contributed by atoms with van der Waals surface area (Å²) in [6, 6.07) is 7.38. The Kier molecular flexibility index (Phi) is 7.72. The van der Waals surface area contributed by atoms with Crippen molar-refractivity contribution >= 4 is 22.4 Å². The maximum absolute atomic E-state index is 12.2. The smallest absolute Gasteiger partial charge is 0.244 e. The SMILES string of the molecule is CCCC(C)(N)C(=O)Nc1cccc(CS(=O)CCOC)c1. The number of rotatable bonds is 9. The predicted molar refractivity (Wildman–Crippen MR) is 91.2 cm³/mol. The van der Waals surface area contributed by atoms with Crippen molar-refractivity contribution in [1.29, 1.82) is 0 Å². The first-order valence-electron chi connectivity index (χ1n) is 7.42. The van der Waals surface area contributed by atoms with Crippen LogP contribution in [0, 0.1) is 0 Å². The zero-order valence-corrected chi connectivity index (χ0v) is 14.4. The minimum atomic E-state index is -0.974. The number of amides is 1. The number of carbonyl (C=O) groups is 1. The number of nitrogens with one attached hydrogen (secondary N) is 1. The highest BCUT2D eigenvalue weighted by molar-refractivity contribution is 7.84. The molecule has 3 N–H and O–H groups in total. The molecule has 0 aliphatic rings. The molecule has 1 amide bonds. The molecule has 0 saturated carbocycles. The first-order valence-corrected chi connectivity index (χ1v) is 8.91. The summed E-state index contributed by atoms with van der Waals surface area (Å²) >= 11 is 0. The minimum absolute atomic E-state index is 0.202. The number of carbonyl (C=O) groups excluding carboxylic acids is 1. The number of hydrogen-bond acceptors (Lipinski definition) is 4. The van der Waals surface area contributed by atoms with Gasteiger partial charge in [-0.1, -0.05) is 25.5 Å². The lowest BCUT2D eigenvalue weighted by Gasteiger charge is -2.23. The van der Waals surface area contributed by atoms with E-state index in [1.54, 1.807) is 14.0 Å². The maximum Gasteiger partial charge on any atom is 0.244 e. The summed E-state index contributed by atoms with van der Waals surface area (Å²) in [5.74, 6) is 0.749. The Morgan fingerprint density at radius 3 is 2.82 bits per heavy atom. The van der Waals surface area contributed by atoms with E-state index in [0.29, 0.717) is 30.2 Å². The average molecular weight is 326 g/mol. The third-order valence-electron chi connectivity index (χ3n) is 3.32. The molecule has 22 heavy (non-hydrogen) atoms. The zero-order chi connectivity index (χ0) is 16.6. The zero-order valence-electron chi connectivity index (χ0n) is 13.6. The molecule has 0 bridgehead atoms. The van der Waals surface area contributed by atoms with Crippen LogP contribution < -0.4 is 11.1 Å². The van der Waals surface area contributed by atoms with E-state index >= 15 is 0 Å². The van der Waals surface area contributed by atoms with Gasteiger partial charge in [-0.15, -0.1) is 0 Å². The van der Waals surface area contributed by atoms with E-state index in [1.165, 1.54) is 0 Å². The standard InChI is InChI=1S/C16H26N2O3S/c1-4-8-16(2,17)15(19)18-14-7-5-6-13(11-14)12-22(20)10-9-21-3/h5-7,11H,4,8-10,12,17H2,1-3H3,(H,18,19). The van der Waals surface area contributed by atoms with Gasteiger partial charge in [-0.05, 0) is 31.0 Å². The fraction of sp³-hybridized carbons (Fsp3) is 0.562. The monoisotopic (exact) mass is 326 g/mol. The molecule has 0 fully saturated rings. The third-order valence-corrected chi connectivity index (χ3v) is 4.59. The van der Waals surface area contributed by atoms with Crippen LogP contribution >= 0.6 is 0 Å². The summed E-state index contributed by atoms with van der Waals surface area (Å²) in [7, 11) is 0.616. The van der Waals surface area contributed by atoms with Crippen molar-refractivity contribution in [1.82, 2.24) is 0 Å². The largest absolute Gasteiger partial charge is 0.384 e. The highest BCUT2D eigenvalue weighted by atomic mass is 32.2. The second-order valence-corrected chi connectivity index (χ2v) is 7.18. The van der Waals surface area contributed by atoms with Crippen molar-refractivity contribution in [3.63, 3.8) is 0 Å². The Morgan fingerprint density at radius 1 is 1.45 bits per heavy atom. The van der Waals surface area contributed by atoms with Crippen molar-refractivity contribution in [2.24, 2.45) is 5.73 Å². The van der Waals surface area contributed by atoms with Gasteiger partial charge in [-0.3, -0.25) is 9.00 Å². The van der Waals surface area contributed by atoms with Gasteiger partial charge in [0.25, 0.3) is 0 Å². The lowest BCUT2D eigenvalue weighted by atomic mass is 9.96. The maximum atomic E-state index is 12.2. The topological polar surface area (TPSA) is 81.4 Å². The number of nitrogens with two attached hydrogens (primary N) is 1. The van der Waals surface area contributed by atoms with Crippen LogP contribution in [0.5, 0.6) is 0 Å². The number of ether oxygens (including phenoxy) is 1. The molecule has 0 spiro atoms. The van der Waals surface area contributed by atoms with Gasteiger partial charge in [0.1, 0.15) is 0 Å². The Morgan fingerprint density at radius 2 is 2.18 bits per heavy atom. The van der Waals surface area contributed by atoms with Crippen LogP contribution in [0.1, 0.15) is 32.3 Å². The van der Waals surface area contributed by atoms with Crippen molar-refractivity contribution in [2.75, 3.05) is 24.8 Å². The molecular formula is C16H26N2O3S. The van der Waals surface area contributed by atoms with E-state index < -0.39 is 16.3 Å². The van der Waals surface area contributed by atoms with E-state index in [4.69, 9.17) is 10.5 Å². The van der Waals surface area contributed by atoms with Gasteiger partial charge >= 0.3 is 0 Å². The second kappa shape index (κ2) is 9.02. The fourth-order valence-electron chi connectivity index (χ4n) is 2.08. The summed E-state index contributed by atoms with van der Waals surface area (Å²) in [5, 5.41) is 2.84. The number of methoxy groups -OCH3 is 1. The van der Waals surface area contributed by atoms with E-state index in [1.807, 2.05) is 31.2 Å². The molecule has 2 unspecified atom stereocenters. The van der Waals surface area contributed by atoms with E-state index in [-0.39, 0.29) is 5.91 Å². The minimum Gasteiger partial charge on any atom is -0.384 e. The van der Waals surface area contributed by atoms with Crippen LogP contribution in [-0.2, 0) is 26.1 Å². The lowest BCUT2D eigenvalue weighted by Crippen LogP contribution is -2.48. The van der Waals surface area contributed by atoms with Gasteiger partial charge in [-0.2, -0.15) is 0 Å². The van der Waals surface area contributed by atoms with Crippen molar-refractivity contribution < 1.29 is 13.7 Å². The Bertz CT molecular complexity index is 518. The molecule has 0 aliphatic heterocycles. The molecule has 0 heterocycles. The number of anilines is 1. The molecule has 0 aromatic heterocycles. The molecule has 5 nitrogen and oxygen atoms in total. The normalized spacial score (nSPS) is 15.1. The van der Waals surface area contributed by atoms with Gasteiger partial charge in [0.05, 0.1) is 12.1 Å². The average Bonchev–Trinajstić information content (AvgIpc) is 2.45. The molecule has 1 aromatic rings. The van der Waals surface area contributed by atoms with Gasteiger partial charge < -0.3 is 15.8 Å². The molecule has 124 valence electrons. The summed E-state index contributed by atoms with van der Waals surface area (Å²) in [6.45, 7) is 4.20. The van der Waals surface area contributed by atoms with Gasteiger partial charge in [0.2, 0.25) is 5.91 Å². The Labute approximate surface area is 135 Å². The van der Waals surface area contributed by atoms with Crippen LogP contribution in [-0.4, -0.2) is 35.1 Å². The summed E-state index contributed by atoms with van der Waals surface area (Å²) < 4.78 is 16.8. The number of benzene rings is 1. The van der Waals surface area contributed by atoms with E-state index in [9.17, 15) is 9.00 Å². The highest BCUT2D eigenvalue weighted by Gasteiger charge is 2.27. The first kappa shape index (κ1) is 18.8. The molecule has 6 heteroatoms. The summed E-state index contributed by atoms with van der Waals surface area (Å²) in [5.41, 5.74) is 6.73. The number of hydrogen-bond donors (Lipinski definition) is 2. The van der Waals surface area contributed by atoms with Gasteiger partial charge in [0.15, 0.2) is 0 Å². The molecular weight excluding hydrogens is 300 g/mol. The molecule has 0 radical (unpaired) electrons. The van der Waals surface area contributed by atoms with E-state index in [0.717, 1.165) is 12.0 Å². The van der Waals surface area contributed by atoms with Crippen LogP contribution in [0.2, 0.25) is 0 Å². The van der Waals surface area contributed by atoms with Crippen LogP contribution in [0.15, 0.2) is 24.3 Å². The van der Waals surface area contributed by atoms with Crippen LogP contribution in [0.4, 0.5) is 5.69 Å². The fourth-order valence-corrected chi connectivity index (χ4v) is 3.13. The molecule has 2 atom stereocenters. The van der Waals surface area contributed by atoms with Gasteiger partial charge in [-0.25, -0.2) is 0 Å². The van der Waals surface area contributed by atoms with Crippen molar-refractivity contribution in [3.05, 3.63) is 29.8 Å². The first-order chi connectivity index (χ1) is 10.4. The van der Waals surface area contributed by atoms with Crippen LogP contribution in [0.3, 0.4) is 0 Å². The van der Waals surface area contributed by atoms with Crippen molar-refractivity contribution in [3.8, 4) is 0 Å². The Balaban J connectivity index is 2.68. The Hall–Kier alpha value is -1.24. The summed E-state index contributed by atoms with van der Waals surface area (Å²) in [4.78, 5) is 12.2. The predicted octanol–water partition coefficient (Wildman–Crippen LogP) is 2.04. The lowest BCUT2D eigenvalue weighted by molar-refractivity contribution is -0.120. The van der Waals surface area contributed by atoms with E-state index in [2.05, 4.69) is 5.32 Å². The third kappa shape index (κ3) is 6.25. The quantitative estimate of drug-likeness (QED) is 0.727. The van der Waals surface area contributed by atoms with Crippen LogP contribution in [0.25, 0.3) is 0 Å². The summed E-state index contributed by atoms with van der Waals surface area (Å²) in [6.07, 6.45) is 1.47. The second-order valence-electron chi connectivity index (χ2n) is 5.60. The van der Waals surface area contributed by atoms with Crippen molar-refractivity contribution in [2.45, 2.75) is 38.0 Å². The molecule has 0 aliphatic carbocycles. The molecule has 0 saturated heterocycles.